The third-order valence-electron chi connectivity index (χ3n) is 4.80. The Morgan fingerprint density at radius 1 is 1.21 bits per heavy atom. The third kappa shape index (κ3) is 3.06. The van der Waals surface area contributed by atoms with E-state index in [1.807, 2.05) is 53.2 Å². The van der Waals surface area contributed by atoms with E-state index in [0.717, 1.165) is 28.8 Å². The molecule has 0 bridgehead atoms. The monoisotopic (exact) mass is 391 g/mol. The van der Waals surface area contributed by atoms with Crippen molar-refractivity contribution in [2.45, 2.75) is 19.1 Å². The van der Waals surface area contributed by atoms with Gasteiger partial charge in [-0.2, -0.15) is 21.0 Å². The van der Waals surface area contributed by atoms with Gasteiger partial charge in [-0.15, -0.1) is 10.2 Å². The van der Waals surface area contributed by atoms with Crippen LogP contribution in [0.3, 0.4) is 0 Å². The van der Waals surface area contributed by atoms with E-state index in [-0.39, 0.29) is 12.5 Å². The number of nitrogens with one attached hydrogen (secondary N) is 1. The Labute approximate surface area is 165 Å². The van der Waals surface area contributed by atoms with Crippen molar-refractivity contribution in [2.75, 3.05) is 6.61 Å². The molecule has 0 spiro atoms. The molecular weight excluding hydrogens is 374 g/mol. The molecule has 0 saturated heterocycles. The number of fused-ring (bicyclic) bond motifs is 2. The Bertz CT molecular complexity index is 1140. The highest BCUT2D eigenvalue weighted by Gasteiger charge is 2.27. The van der Waals surface area contributed by atoms with E-state index in [4.69, 9.17) is 4.74 Å². The largest absolute Gasteiger partial charge is 0.363 e. The molecule has 0 aliphatic carbocycles. The molecule has 140 valence electrons. The zero-order valence-electron chi connectivity index (χ0n) is 14.9. The van der Waals surface area contributed by atoms with Crippen molar-refractivity contribution in [3.63, 3.8) is 0 Å². The molecule has 0 fully saturated rings. The fraction of sp³-hybridized carbons (Fsp3) is 0.200. The van der Waals surface area contributed by atoms with Gasteiger partial charge in [-0.05, 0) is 41.1 Å². The molecule has 1 aliphatic rings. The SMILES string of the molecule is O=C(NCc1nnc2ccc(-c3ccsc3)nn12)C1OCCc2ccccc21. The molecular formula is C20H17N5O2S. The summed E-state index contributed by atoms with van der Waals surface area (Å²) in [5.41, 5.74) is 4.61. The predicted octanol–water partition coefficient (Wildman–Crippen LogP) is 2.78. The molecule has 4 heterocycles. The van der Waals surface area contributed by atoms with Crippen molar-refractivity contribution in [3.8, 4) is 11.3 Å². The van der Waals surface area contributed by atoms with Crippen LogP contribution in [0.25, 0.3) is 16.9 Å². The number of carbonyl (C=O) groups excluding carboxylic acids is 1. The number of amides is 1. The molecule has 1 aromatic carbocycles. The number of nitrogens with zero attached hydrogens (tertiary/aromatic N) is 4. The smallest absolute Gasteiger partial charge is 0.254 e. The average molecular weight is 391 g/mol. The van der Waals surface area contributed by atoms with Crippen LogP contribution in [-0.2, 0) is 22.5 Å². The van der Waals surface area contributed by atoms with Gasteiger partial charge in [0.2, 0.25) is 0 Å². The Kier molecular flexibility index (Phi) is 4.34. The number of hydrogen-bond acceptors (Lipinski definition) is 6. The molecule has 5 rings (SSSR count). The van der Waals surface area contributed by atoms with Crippen LogP contribution < -0.4 is 5.32 Å². The molecule has 7 nitrogen and oxygen atoms in total. The van der Waals surface area contributed by atoms with Gasteiger partial charge in [-0.25, -0.2) is 0 Å². The molecule has 0 saturated carbocycles. The summed E-state index contributed by atoms with van der Waals surface area (Å²) in [5.74, 6) is 0.391. The molecule has 4 aromatic rings. The highest BCUT2D eigenvalue weighted by molar-refractivity contribution is 7.08. The Morgan fingerprint density at radius 3 is 3.04 bits per heavy atom. The topological polar surface area (TPSA) is 81.4 Å². The summed E-state index contributed by atoms with van der Waals surface area (Å²) in [6.45, 7) is 0.761. The minimum Gasteiger partial charge on any atom is -0.363 e. The molecule has 28 heavy (non-hydrogen) atoms. The van der Waals surface area contributed by atoms with Crippen molar-refractivity contribution in [1.82, 2.24) is 25.1 Å². The fourth-order valence-electron chi connectivity index (χ4n) is 3.38. The van der Waals surface area contributed by atoms with Crippen molar-refractivity contribution in [2.24, 2.45) is 0 Å². The van der Waals surface area contributed by atoms with Crippen LogP contribution in [0.1, 0.15) is 23.1 Å². The number of ether oxygens (including phenoxy) is 1. The average Bonchev–Trinajstić information content (AvgIpc) is 3.41. The van der Waals surface area contributed by atoms with Gasteiger partial charge in [0.15, 0.2) is 17.6 Å². The molecule has 1 amide bonds. The maximum absolute atomic E-state index is 12.7. The van der Waals surface area contributed by atoms with E-state index in [0.29, 0.717) is 18.1 Å². The Hall–Kier alpha value is -3.10. The van der Waals surface area contributed by atoms with Crippen LogP contribution in [0, 0.1) is 0 Å². The van der Waals surface area contributed by atoms with Crippen LogP contribution in [0.15, 0.2) is 53.2 Å². The minimum absolute atomic E-state index is 0.183. The minimum atomic E-state index is -0.599. The second-order valence-corrected chi connectivity index (χ2v) is 7.31. The van der Waals surface area contributed by atoms with Crippen molar-refractivity contribution >= 4 is 22.9 Å². The Morgan fingerprint density at radius 2 is 2.14 bits per heavy atom. The normalized spacial score (nSPS) is 16.1. The first-order valence-electron chi connectivity index (χ1n) is 9.00. The van der Waals surface area contributed by atoms with E-state index in [2.05, 4.69) is 20.6 Å². The van der Waals surface area contributed by atoms with Gasteiger partial charge in [0.05, 0.1) is 18.8 Å². The number of rotatable bonds is 4. The van der Waals surface area contributed by atoms with E-state index >= 15 is 0 Å². The van der Waals surface area contributed by atoms with Crippen molar-refractivity contribution in [3.05, 3.63) is 70.2 Å². The molecule has 0 radical (unpaired) electrons. The van der Waals surface area contributed by atoms with Crippen LogP contribution >= 0.6 is 11.3 Å². The summed E-state index contributed by atoms with van der Waals surface area (Å²) in [6, 6.07) is 13.7. The maximum atomic E-state index is 12.7. The van der Waals surface area contributed by atoms with Crippen LogP contribution in [0.5, 0.6) is 0 Å². The second kappa shape index (κ2) is 7.14. The predicted molar refractivity (Wildman–Crippen MR) is 105 cm³/mol. The molecule has 1 atom stereocenters. The molecule has 1 unspecified atom stereocenters. The number of carbonyl (C=O) groups is 1. The third-order valence-corrected chi connectivity index (χ3v) is 5.48. The zero-order chi connectivity index (χ0) is 18.9. The lowest BCUT2D eigenvalue weighted by atomic mass is 9.97. The first kappa shape index (κ1) is 17.0. The van der Waals surface area contributed by atoms with Crippen LogP contribution in [0.2, 0.25) is 0 Å². The lowest BCUT2D eigenvalue weighted by Gasteiger charge is -2.25. The summed E-state index contributed by atoms with van der Waals surface area (Å²) >= 11 is 1.62. The van der Waals surface area contributed by atoms with Crippen LogP contribution in [-0.4, -0.2) is 32.3 Å². The van der Waals surface area contributed by atoms with E-state index in [9.17, 15) is 4.79 Å². The Balaban J connectivity index is 1.36. The first-order valence-corrected chi connectivity index (χ1v) is 9.95. The zero-order valence-corrected chi connectivity index (χ0v) is 15.7. The molecule has 8 heteroatoms. The second-order valence-electron chi connectivity index (χ2n) is 6.53. The van der Waals surface area contributed by atoms with Gasteiger partial charge in [-0.3, -0.25) is 4.79 Å². The first-order chi connectivity index (χ1) is 13.8. The summed E-state index contributed by atoms with van der Waals surface area (Å²) in [4.78, 5) is 12.7. The van der Waals surface area contributed by atoms with E-state index < -0.39 is 6.10 Å². The number of benzene rings is 1. The summed E-state index contributed by atoms with van der Waals surface area (Å²) in [6.07, 6.45) is 0.225. The maximum Gasteiger partial charge on any atom is 0.254 e. The van der Waals surface area contributed by atoms with Gasteiger partial charge in [-0.1, -0.05) is 24.3 Å². The fourth-order valence-corrected chi connectivity index (χ4v) is 4.03. The van der Waals surface area contributed by atoms with Gasteiger partial charge < -0.3 is 10.1 Å². The molecule has 1 aliphatic heterocycles. The van der Waals surface area contributed by atoms with Gasteiger partial charge >= 0.3 is 0 Å². The van der Waals surface area contributed by atoms with Crippen molar-refractivity contribution < 1.29 is 9.53 Å². The highest BCUT2D eigenvalue weighted by Crippen LogP contribution is 2.27. The summed E-state index contributed by atoms with van der Waals surface area (Å²) in [5, 5.41) is 19.9. The van der Waals surface area contributed by atoms with E-state index in [1.165, 1.54) is 0 Å². The summed E-state index contributed by atoms with van der Waals surface area (Å²) < 4.78 is 7.39. The van der Waals surface area contributed by atoms with Crippen molar-refractivity contribution in [1.29, 1.82) is 0 Å². The van der Waals surface area contributed by atoms with Gasteiger partial charge in [0.1, 0.15) is 0 Å². The highest BCUT2D eigenvalue weighted by atomic mass is 32.1. The lowest BCUT2D eigenvalue weighted by Crippen LogP contribution is -2.34. The lowest BCUT2D eigenvalue weighted by molar-refractivity contribution is -0.134. The number of hydrogen-bond donors (Lipinski definition) is 1. The standard InChI is InChI=1S/C20H17N5O2S/c26-20(19-15-4-2-1-3-13(15)7-9-27-19)21-11-18-23-22-17-6-5-16(24-25(17)18)14-8-10-28-12-14/h1-6,8,10,12,19H,7,9,11H2,(H,21,26). The molecule has 1 N–H and O–H groups in total. The number of aromatic nitrogens is 4. The summed E-state index contributed by atoms with van der Waals surface area (Å²) in [7, 11) is 0. The number of thiophene rings is 1. The van der Waals surface area contributed by atoms with Gasteiger partial charge in [0.25, 0.3) is 5.91 Å². The van der Waals surface area contributed by atoms with Gasteiger partial charge in [0, 0.05) is 10.9 Å². The molecule has 3 aromatic heterocycles. The van der Waals surface area contributed by atoms with E-state index in [1.54, 1.807) is 15.9 Å². The quantitative estimate of drug-likeness (QED) is 0.579. The van der Waals surface area contributed by atoms with Crippen LogP contribution in [0.4, 0.5) is 0 Å².